The van der Waals surface area contributed by atoms with E-state index in [1.54, 1.807) is 0 Å². The predicted molar refractivity (Wildman–Crippen MR) is 71.2 cm³/mol. The van der Waals surface area contributed by atoms with Crippen LogP contribution in [0, 0.1) is 5.92 Å². The van der Waals surface area contributed by atoms with Gasteiger partial charge in [0.1, 0.15) is 0 Å². The molecule has 4 heteroatoms. The zero-order valence-electron chi connectivity index (χ0n) is 9.95. The van der Waals surface area contributed by atoms with Crippen molar-refractivity contribution in [1.82, 2.24) is 0 Å². The smallest absolute Gasteiger partial charge is 0.172 e. The van der Waals surface area contributed by atoms with Crippen molar-refractivity contribution in [3.8, 4) is 11.5 Å². The monoisotopic (exact) mass is 299 g/mol. The minimum absolute atomic E-state index is 0.0415. The van der Waals surface area contributed by atoms with Crippen molar-refractivity contribution in [2.45, 2.75) is 32.2 Å². The Kier molecular flexibility index (Phi) is 3.94. The van der Waals surface area contributed by atoms with E-state index in [0.717, 1.165) is 5.56 Å². The third kappa shape index (κ3) is 2.58. The van der Waals surface area contributed by atoms with Crippen LogP contribution in [0.25, 0.3) is 0 Å². The van der Waals surface area contributed by atoms with Crippen LogP contribution in [0.5, 0.6) is 11.5 Å². The first-order valence-electron chi connectivity index (χ1n) is 6.04. The van der Waals surface area contributed by atoms with Gasteiger partial charge in [-0.15, -0.1) is 0 Å². The van der Waals surface area contributed by atoms with Gasteiger partial charge in [0.15, 0.2) is 11.5 Å². The summed E-state index contributed by atoms with van der Waals surface area (Å²) in [6.07, 6.45) is 3.67. The SMILES string of the molecule is CCOc1cc([C@@H](N)C2CCC2)cc(Br)c1O. The van der Waals surface area contributed by atoms with Gasteiger partial charge in [0.2, 0.25) is 0 Å². The summed E-state index contributed by atoms with van der Waals surface area (Å²) in [7, 11) is 0. The van der Waals surface area contributed by atoms with Crippen LogP contribution in [0.15, 0.2) is 16.6 Å². The highest BCUT2D eigenvalue weighted by atomic mass is 79.9. The molecule has 1 atom stereocenters. The van der Waals surface area contributed by atoms with Gasteiger partial charge in [-0.25, -0.2) is 0 Å². The molecule has 94 valence electrons. The molecule has 0 aliphatic heterocycles. The summed E-state index contributed by atoms with van der Waals surface area (Å²) in [6, 6.07) is 3.79. The van der Waals surface area contributed by atoms with Crippen molar-refractivity contribution in [3.63, 3.8) is 0 Å². The lowest BCUT2D eigenvalue weighted by Crippen LogP contribution is -2.26. The molecule has 0 radical (unpaired) electrons. The molecule has 1 aromatic rings. The minimum Gasteiger partial charge on any atom is -0.503 e. The second-order valence-electron chi connectivity index (χ2n) is 4.50. The highest BCUT2D eigenvalue weighted by Gasteiger charge is 2.26. The molecule has 0 saturated heterocycles. The molecule has 17 heavy (non-hydrogen) atoms. The summed E-state index contributed by atoms with van der Waals surface area (Å²) in [5.41, 5.74) is 7.26. The fourth-order valence-electron chi connectivity index (χ4n) is 2.12. The average molecular weight is 300 g/mol. The van der Waals surface area contributed by atoms with Gasteiger partial charge in [0.05, 0.1) is 11.1 Å². The summed E-state index contributed by atoms with van der Waals surface area (Å²) >= 11 is 3.34. The molecule has 1 aliphatic carbocycles. The largest absolute Gasteiger partial charge is 0.503 e. The molecule has 0 heterocycles. The van der Waals surface area contributed by atoms with Gasteiger partial charge < -0.3 is 15.6 Å². The summed E-state index contributed by atoms with van der Waals surface area (Å²) in [6.45, 7) is 2.42. The maximum Gasteiger partial charge on any atom is 0.172 e. The third-order valence-corrected chi connectivity index (χ3v) is 4.00. The first kappa shape index (κ1) is 12.7. The number of aromatic hydroxyl groups is 1. The molecule has 0 unspecified atom stereocenters. The summed E-state index contributed by atoms with van der Waals surface area (Å²) in [5.74, 6) is 1.23. The number of phenols is 1. The fraction of sp³-hybridized carbons (Fsp3) is 0.538. The van der Waals surface area contributed by atoms with Crippen molar-refractivity contribution < 1.29 is 9.84 Å². The van der Waals surface area contributed by atoms with E-state index in [1.807, 2.05) is 19.1 Å². The first-order valence-corrected chi connectivity index (χ1v) is 6.83. The number of rotatable bonds is 4. The van der Waals surface area contributed by atoms with Crippen LogP contribution in [0.3, 0.4) is 0 Å². The number of ether oxygens (including phenoxy) is 1. The lowest BCUT2D eigenvalue weighted by Gasteiger charge is -2.31. The maximum absolute atomic E-state index is 9.83. The van der Waals surface area contributed by atoms with Crippen LogP contribution in [0.4, 0.5) is 0 Å². The van der Waals surface area contributed by atoms with Gasteiger partial charge in [-0.2, -0.15) is 0 Å². The van der Waals surface area contributed by atoms with E-state index in [-0.39, 0.29) is 11.8 Å². The molecule has 0 spiro atoms. The molecular formula is C13H18BrNO2. The van der Waals surface area contributed by atoms with Gasteiger partial charge in [-0.3, -0.25) is 0 Å². The fourth-order valence-corrected chi connectivity index (χ4v) is 2.58. The van der Waals surface area contributed by atoms with Crippen LogP contribution < -0.4 is 10.5 Å². The van der Waals surface area contributed by atoms with Crippen LogP contribution in [0.1, 0.15) is 37.8 Å². The summed E-state index contributed by atoms with van der Waals surface area (Å²) < 4.78 is 6.05. The number of hydrogen-bond donors (Lipinski definition) is 2. The minimum atomic E-state index is 0.0415. The predicted octanol–water partition coefficient (Wildman–Crippen LogP) is 3.35. The zero-order chi connectivity index (χ0) is 12.4. The van der Waals surface area contributed by atoms with E-state index in [9.17, 15) is 5.11 Å². The summed E-state index contributed by atoms with van der Waals surface area (Å²) in [4.78, 5) is 0. The highest BCUT2D eigenvalue weighted by molar-refractivity contribution is 9.10. The highest BCUT2D eigenvalue weighted by Crippen LogP contribution is 2.41. The molecule has 1 saturated carbocycles. The third-order valence-electron chi connectivity index (χ3n) is 3.39. The van der Waals surface area contributed by atoms with Crippen molar-refractivity contribution in [2.75, 3.05) is 6.61 Å². The molecule has 0 aromatic heterocycles. The van der Waals surface area contributed by atoms with E-state index in [1.165, 1.54) is 19.3 Å². The Hall–Kier alpha value is -0.740. The zero-order valence-corrected chi connectivity index (χ0v) is 11.5. The first-order chi connectivity index (χ1) is 8.13. The van der Waals surface area contributed by atoms with E-state index in [2.05, 4.69) is 15.9 Å². The molecular weight excluding hydrogens is 282 g/mol. The Balaban J connectivity index is 2.27. The topological polar surface area (TPSA) is 55.5 Å². The Labute approximate surface area is 110 Å². The van der Waals surface area contributed by atoms with Crippen molar-refractivity contribution in [2.24, 2.45) is 11.7 Å². The Morgan fingerprint density at radius 2 is 2.24 bits per heavy atom. The van der Waals surface area contributed by atoms with Crippen LogP contribution in [-0.2, 0) is 0 Å². The number of phenolic OH excluding ortho intramolecular Hbond substituents is 1. The van der Waals surface area contributed by atoms with E-state index >= 15 is 0 Å². The lowest BCUT2D eigenvalue weighted by atomic mass is 9.77. The van der Waals surface area contributed by atoms with Gasteiger partial charge in [0.25, 0.3) is 0 Å². The molecule has 3 nitrogen and oxygen atoms in total. The van der Waals surface area contributed by atoms with Crippen molar-refractivity contribution in [3.05, 3.63) is 22.2 Å². The second kappa shape index (κ2) is 5.27. The Bertz CT molecular complexity index is 405. The normalized spacial score (nSPS) is 17.6. The molecule has 0 amide bonds. The molecule has 1 fully saturated rings. The second-order valence-corrected chi connectivity index (χ2v) is 5.35. The average Bonchev–Trinajstić information content (AvgIpc) is 2.22. The maximum atomic E-state index is 9.83. The van der Waals surface area contributed by atoms with Crippen molar-refractivity contribution in [1.29, 1.82) is 0 Å². The standard InChI is InChI=1S/C13H18BrNO2/c1-2-17-11-7-9(6-10(14)13(11)16)12(15)8-4-3-5-8/h6-8,12,16H,2-5,15H2,1H3/t12-/m0/s1. The van der Waals surface area contributed by atoms with Crippen LogP contribution in [-0.4, -0.2) is 11.7 Å². The van der Waals surface area contributed by atoms with Crippen molar-refractivity contribution >= 4 is 15.9 Å². The van der Waals surface area contributed by atoms with Gasteiger partial charge in [-0.05, 0) is 59.3 Å². The van der Waals surface area contributed by atoms with E-state index < -0.39 is 0 Å². The number of halogens is 1. The quantitative estimate of drug-likeness (QED) is 0.896. The number of nitrogens with two attached hydrogens (primary N) is 1. The van der Waals surface area contributed by atoms with E-state index in [0.29, 0.717) is 22.7 Å². The van der Waals surface area contributed by atoms with E-state index in [4.69, 9.17) is 10.5 Å². The van der Waals surface area contributed by atoms with Crippen LogP contribution in [0.2, 0.25) is 0 Å². The van der Waals surface area contributed by atoms with Crippen LogP contribution >= 0.6 is 15.9 Å². The molecule has 2 rings (SSSR count). The van der Waals surface area contributed by atoms with Gasteiger partial charge >= 0.3 is 0 Å². The van der Waals surface area contributed by atoms with Gasteiger partial charge in [0, 0.05) is 6.04 Å². The molecule has 1 aliphatic rings. The Morgan fingerprint density at radius 1 is 1.53 bits per heavy atom. The summed E-state index contributed by atoms with van der Waals surface area (Å²) in [5, 5.41) is 9.83. The molecule has 1 aromatic carbocycles. The number of benzene rings is 1. The number of hydrogen-bond acceptors (Lipinski definition) is 3. The Morgan fingerprint density at radius 3 is 2.76 bits per heavy atom. The lowest BCUT2D eigenvalue weighted by molar-refractivity contribution is 0.263. The van der Waals surface area contributed by atoms with Gasteiger partial charge in [-0.1, -0.05) is 6.42 Å². The molecule has 3 N–H and O–H groups in total. The molecule has 0 bridgehead atoms.